The molecule has 110 valence electrons. The summed E-state index contributed by atoms with van der Waals surface area (Å²) in [7, 11) is -3.50. The molecule has 0 aliphatic heterocycles. The number of nitrogens with two attached hydrogens (primary N) is 1. The number of amides is 1. The maximum atomic E-state index is 13.6. The van der Waals surface area contributed by atoms with Crippen LogP contribution in [-0.2, 0) is 9.84 Å². The lowest BCUT2D eigenvalue weighted by molar-refractivity contribution is 0.102. The summed E-state index contributed by atoms with van der Waals surface area (Å²) >= 11 is 0. The molecule has 21 heavy (non-hydrogen) atoms. The lowest BCUT2D eigenvalue weighted by atomic mass is 10.2. The van der Waals surface area contributed by atoms with Crippen LogP contribution in [0, 0.1) is 5.82 Å². The van der Waals surface area contributed by atoms with Gasteiger partial charge in [0.2, 0.25) is 0 Å². The summed E-state index contributed by atoms with van der Waals surface area (Å²) in [5.74, 6) is -1.41. The van der Waals surface area contributed by atoms with Gasteiger partial charge in [-0.3, -0.25) is 4.79 Å². The van der Waals surface area contributed by atoms with Crippen molar-refractivity contribution < 1.29 is 17.6 Å². The Balaban J connectivity index is 2.31. The van der Waals surface area contributed by atoms with Crippen molar-refractivity contribution >= 4 is 27.1 Å². The van der Waals surface area contributed by atoms with Gasteiger partial charge < -0.3 is 11.1 Å². The molecule has 0 saturated heterocycles. The summed E-state index contributed by atoms with van der Waals surface area (Å²) in [5, 5.41) is 2.28. The van der Waals surface area contributed by atoms with E-state index in [1.807, 2.05) is 0 Å². The molecule has 0 fully saturated rings. The number of carbonyl (C=O) groups excluding carboxylic acids is 1. The summed E-state index contributed by atoms with van der Waals surface area (Å²) in [5.41, 5.74) is 5.64. The molecule has 2 rings (SSSR count). The average molecular weight is 309 g/mol. The Kier molecular flexibility index (Phi) is 3.90. The van der Waals surface area contributed by atoms with E-state index in [1.165, 1.54) is 18.3 Å². The Labute approximate surface area is 120 Å². The third-order valence-corrected chi connectivity index (χ3v) is 3.74. The van der Waals surface area contributed by atoms with Gasteiger partial charge in [0.05, 0.1) is 22.5 Å². The lowest BCUT2D eigenvalue weighted by Gasteiger charge is -2.08. The Morgan fingerprint density at radius 1 is 1.29 bits per heavy atom. The van der Waals surface area contributed by atoms with Gasteiger partial charge in [-0.15, -0.1) is 0 Å². The highest BCUT2D eigenvalue weighted by atomic mass is 32.2. The number of hydrogen-bond donors (Lipinski definition) is 2. The van der Waals surface area contributed by atoms with Crippen molar-refractivity contribution in [3.05, 3.63) is 48.0 Å². The molecule has 8 heteroatoms. The van der Waals surface area contributed by atoms with Crippen molar-refractivity contribution in [3.8, 4) is 0 Å². The van der Waals surface area contributed by atoms with E-state index in [9.17, 15) is 17.6 Å². The predicted molar refractivity (Wildman–Crippen MR) is 76.1 cm³/mol. The molecule has 1 heterocycles. The third kappa shape index (κ3) is 3.54. The number of rotatable bonds is 3. The highest BCUT2D eigenvalue weighted by Crippen LogP contribution is 2.20. The molecule has 0 aliphatic rings. The van der Waals surface area contributed by atoms with Crippen LogP contribution in [-0.4, -0.2) is 25.6 Å². The van der Waals surface area contributed by atoms with Crippen molar-refractivity contribution in [1.29, 1.82) is 0 Å². The number of nitrogens with one attached hydrogen (secondary N) is 1. The fraction of sp³-hybridized carbons (Fsp3) is 0.0769. The highest BCUT2D eigenvalue weighted by Gasteiger charge is 2.14. The molecular formula is C13H12FN3O3S. The van der Waals surface area contributed by atoms with Gasteiger partial charge in [-0.05, 0) is 30.3 Å². The van der Waals surface area contributed by atoms with Gasteiger partial charge in [0.25, 0.3) is 5.91 Å². The normalized spacial score (nSPS) is 11.1. The smallest absolute Gasteiger partial charge is 0.274 e. The van der Waals surface area contributed by atoms with Crippen LogP contribution in [0.3, 0.4) is 0 Å². The molecule has 0 unspecified atom stereocenters. The molecule has 0 radical (unpaired) electrons. The molecule has 0 atom stereocenters. The molecule has 1 aromatic carbocycles. The number of sulfone groups is 1. The summed E-state index contributed by atoms with van der Waals surface area (Å²) in [6.07, 6.45) is 2.28. The van der Waals surface area contributed by atoms with Crippen LogP contribution in [0.15, 0.2) is 41.4 Å². The molecule has 3 N–H and O–H groups in total. The van der Waals surface area contributed by atoms with E-state index in [0.29, 0.717) is 5.69 Å². The number of halogens is 1. The van der Waals surface area contributed by atoms with Crippen molar-refractivity contribution in [1.82, 2.24) is 4.98 Å². The number of nitrogens with zero attached hydrogens (tertiary/aromatic N) is 1. The Morgan fingerprint density at radius 2 is 2.00 bits per heavy atom. The number of aromatic nitrogens is 1. The first-order valence-corrected chi connectivity index (χ1v) is 7.69. The van der Waals surface area contributed by atoms with Crippen LogP contribution in [0.25, 0.3) is 0 Å². The zero-order valence-corrected chi connectivity index (χ0v) is 11.8. The van der Waals surface area contributed by atoms with Gasteiger partial charge >= 0.3 is 0 Å². The van der Waals surface area contributed by atoms with E-state index in [4.69, 9.17) is 5.73 Å². The Hall–Kier alpha value is -2.48. The molecular weight excluding hydrogens is 297 g/mol. The van der Waals surface area contributed by atoms with Gasteiger partial charge in [-0.1, -0.05) is 0 Å². The second-order valence-electron chi connectivity index (χ2n) is 4.34. The van der Waals surface area contributed by atoms with Crippen LogP contribution in [0.2, 0.25) is 0 Å². The molecule has 0 spiro atoms. The van der Waals surface area contributed by atoms with Crippen LogP contribution in [0.5, 0.6) is 0 Å². The summed E-state index contributed by atoms with van der Waals surface area (Å²) in [6.45, 7) is 0. The third-order valence-electron chi connectivity index (χ3n) is 2.63. The summed E-state index contributed by atoms with van der Waals surface area (Å²) in [4.78, 5) is 15.6. The first-order chi connectivity index (χ1) is 9.77. The van der Waals surface area contributed by atoms with Crippen molar-refractivity contribution in [2.75, 3.05) is 17.3 Å². The zero-order chi connectivity index (χ0) is 15.6. The highest BCUT2D eigenvalue weighted by molar-refractivity contribution is 7.90. The first kappa shape index (κ1) is 14.9. The van der Waals surface area contributed by atoms with Gasteiger partial charge in [0.15, 0.2) is 9.84 Å². The molecule has 1 amide bonds. The molecule has 2 aromatic rings. The van der Waals surface area contributed by atoms with Crippen LogP contribution in [0.1, 0.15) is 10.5 Å². The van der Waals surface area contributed by atoms with Crippen LogP contribution >= 0.6 is 0 Å². The number of nitrogen functional groups attached to an aromatic ring is 1. The second-order valence-corrected chi connectivity index (χ2v) is 6.36. The van der Waals surface area contributed by atoms with Gasteiger partial charge in [-0.2, -0.15) is 0 Å². The fourth-order valence-electron chi connectivity index (χ4n) is 1.56. The minimum absolute atomic E-state index is 0.0355. The summed E-state index contributed by atoms with van der Waals surface area (Å²) < 4.78 is 36.5. The molecule has 0 saturated carbocycles. The van der Waals surface area contributed by atoms with Crippen molar-refractivity contribution in [3.63, 3.8) is 0 Å². The van der Waals surface area contributed by atoms with Gasteiger partial charge in [-0.25, -0.2) is 17.8 Å². The van der Waals surface area contributed by atoms with E-state index in [0.717, 1.165) is 24.5 Å². The minimum Gasteiger partial charge on any atom is -0.397 e. The number of pyridine rings is 1. The average Bonchev–Trinajstić information content (AvgIpc) is 2.40. The van der Waals surface area contributed by atoms with E-state index in [1.54, 1.807) is 0 Å². The lowest BCUT2D eigenvalue weighted by Crippen LogP contribution is -2.15. The van der Waals surface area contributed by atoms with E-state index in [2.05, 4.69) is 10.3 Å². The molecule has 1 aromatic heterocycles. The quantitative estimate of drug-likeness (QED) is 0.836. The molecule has 6 nitrogen and oxygen atoms in total. The number of hydrogen-bond acceptors (Lipinski definition) is 5. The Morgan fingerprint density at radius 3 is 2.57 bits per heavy atom. The van der Waals surface area contributed by atoms with E-state index in [-0.39, 0.29) is 16.3 Å². The number of benzene rings is 1. The Bertz CT molecular complexity index is 789. The number of carbonyl (C=O) groups is 1. The standard InChI is InChI=1S/C13H12FN3O3S/c1-21(19,20)9-3-4-10(14)12(6-9)17-13(18)11-5-2-8(15)7-16-11/h2-7H,15H2,1H3,(H,17,18). The predicted octanol–water partition coefficient (Wildman–Crippen LogP) is 1.46. The van der Waals surface area contributed by atoms with Crippen molar-refractivity contribution in [2.24, 2.45) is 0 Å². The summed E-state index contributed by atoms with van der Waals surface area (Å²) in [6, 6.07) is 6.01. The monoisotopic (exact) mass is 309 g/mol. The maximum absolute atomic E-state index is 13.6. The zero-order valence-electron chi connectivity index (χ0n) is 11.0. The van der Waals surface area contributed by atoms with Crippen LogP contribution < -0.4 is 11.1 Å². The maximum Gasteiger partial charge on any atom is 0.274 e. The fourth-order valence-corrected chi connectivity index (χ4v) is 2.20. The first-order valence-electron chi connectivity index (χ1n) is 5.80. The molecule has 0 aliphatic carbocycles. The largest absolute Gasteiger partial charge is 0.397 e. The van der Waals surface area contributed by atoms with Gasteiger partial charge in [0.1, 0.15) is 11.5 Å². The van der Waals surface area contributed by atoms with E-state index < -0.39 is 21.6 Å². The van der Waals surface area contributed by atoms with Crippen molar-refractivity contribution in [2.45, 2.75) is 4.90 Å². The van der Waals surface area contributed by atoms with Crippen LogP contribution in [0.4, 0.5) is 15.8 Å². The topological polar surface area (TPSA) is 102 Å². The number of anilines is 2. The minimum atomic E-state index is -3.50. The second kappa shape index (κ2) is 5.49. The van der Waals surface area contributed by atoms with Gasteiger partial charge in [0, 0.05) is 6.26 Å². The van der Waals surface area contributed by atoms with E-state index >= 15 is 0 Å². The molecule has 0 bridgehead atoms. The SMILES string of the molecule is CS(=O)(=O)c1ccc(F)c(NC(=O)c2ccc(N)cn2)c1.